The van der Waals surface area contributed by atoms with Gasteiger partial charge in [-0.1, -0.05) is 68.1 Å². The van der Waals surface area contributed by atoms with Gasteiger partial charge < -0.3 is 21.3 Å². The largest absolute Gasteiger partial charge is 0.370 e. The van der Waals surface area contributed by atoms with Crippen LogP contribution in [-0.4, -0.2) is 48.0 Å². The second-order valence-electron chi connectivity index (χ2n) is 11.7. The maximum atomic E-state index is 11.9. The molecule has 4 atom stereocenters. The topological polar surface area (TPSA) is 82.8 Å². The zero-order valence-electron chi connectivity index (χ0n) is 22.9. The lowest BCUT2D eigenvalue weighted by Crippen LogP contribution is -2.57. The van der Waals surface area contributed by atoms with Crippen LogP contribution in [0, 0.1) is 5.41 Å². The van der Waals surface area contributed by atoms with Crippen LogP contribution in [0.15, 0.2) is 47.5 Å². The van der Waals surface area contributed by atoms with E-state index >= 15 is 0 Å². The molecule has 1 amide bonds. The number of hydrogen-bond acceptors (Lipinski definition) is 3. The SMILES string of the molecule is CC1CN(C(=NC2CCCCC2(C)C)Nc2ccc(C(CC(N)=O)c3ccc(Cl)cc3Cl)cc2)CC(C)N1. The molecule has 0 spiro atoms. The van der Waals surface area contributed by atoms with Crippen LogP contribution < -0.4 is 16.4 Å². The molecule has 4 rings (SSSR count). The first-order chi connectivity index (χ1) is 18.0. The Morgan fingerprint density at radius 2 is 1.82 bits per heavy atom. The molecule has 0 radical (unpaired) electrons. The third-order valence-corrected chi connectivity index (χ3v) is 8.46. The molecule has 2 aromatic rings. The summed E-state index contributed by atoms with van der Waals surface area (Å²) in [6.07, 6.45) is 4.97. The van der Waals surface area contributed by atoms with E-state index < -0.39 is 0 Å². The van der Waals surface area contributed by atoms with Crippen molar-refractivity contribution < 1.29 is 4.79 Å². The van der Waals surface area contributed by atoms with Crippen molar-refractivity contribution in [1.82, 2.24) is 10.2 Å². The monoisotopic (exact) mass is 557 g/mol. The predicted molar refractivity (Wildman–Crippen MR) is 159 cm³/mol. The van der Waals surface area contributed by atoms with Crippen molar-refractivity contribution >= 4 is 40.8 Å². The first-order valence-electron chi connectivity index (χ1n) is 13.7. The Kier molecular flexibility index (Phi) is 9.27. The number of aliphatic imine (C=N–C) groups is 1. The van der Waals surface area contributed by atoms with Crippen LogP contribution in [0.3, 0.4) is 0 Å². The molecular formula is C30H41Cl2N5O. The average Bonchev–Trinajstić information content (AvgIpc) is 2.83. The van der Waals surface area contributed by atoms with Crippen LogP contribution in [0.25, 0.3) is 0 Å². The summed E-state index contributed by atoms with van der Waals surface area (Å²) in [4.78, 5) is 19.7. The van der Waals surface area contributed by atoms with Crippen molar-refractivity contribution in [1.29, 1.82) is 0 Å². The number of nitrogens with zero attached hydrogens (tertiary/aromatic N) is 2. The fraction of sp³-hybridized carbons (Fsp3) is 0.533. The molecule has 6 nitrogen and oxygen atoms in total. The molecule has 1 saturated heterocycles. The first-order valence-corrected chi connectivity index (χ1v) is 14.5. The summed E-state index contributed by atoms with van der Waals surface area (Å²) in [6.45, 7) is 10.9. The summed E-state index contributed by atoms with van der Waals surface area (Å²) >= 11 is 12.6. The number of rotatable bonds is 6. The molecule has 1 aliphatic heterocycles. The zero-order valence-corrected chi connectivity index (χ0v) is 24.4. The van der Waals surface area contributed by atoms with Crippen molar-refractivity contribution in [3.8, 4) is 0 Å². The number of benzene rings is 2. The Labute approximate surface area is 237 Å². The molecule has 38 heavy (non-hydrogen) atoms. The Morgan fingerprint density at radius 3 is 2.42 bits per heavy atom. The number of carbonyl (C=O) groups is 1. The number of amides is 1. The maximum absolute atomic E-state index is 11.9. The highest BCUT2D eigenvalue weighted by molar-refractivity contribution is 6.35. The standard InChI is InChI=1S/C30H41Cl2N5O/c1-19-17-37(18-20(2)34-19)29(36-27-7-5-6-14-30(27,3)4)35-23-11-8-21(9-12-23)25(16-28(33)38)24-13-10-22(31)15-26(24)32/h8-13,15,19-20,25,27,34H,5-7,14,16-18H2,1-4H3,(H2,33,38)(H,35,36). The van der Waals surface area contributed by atoms with Gasteiger partial charge in [-0.3, -0.25) is 4.79 Å². The third kappa shape index (κ3) is 7.22. The van der Waals surface area contributed by atoms with Crippen LogP contribution in [0.5, 0.6) is 0 Å². The van der Waals surface area contributed by atoms with Gasteiger partial charge in [0.2, 0.25) is 5.91 Å². The van der Waals surface area contributed by atoms with E-state index in [1.165, 1.54) is 19.3 Å². The summed E-state index contributed by atoms with van der Waals surface area (Å²) in [5.74, 6) is 0.305. The third-order valence-electron chi connectivity index (χ3n) is 7.90. The van der Waals surface area contributed by atoms with Crippen LogP contribution in [0.4, 0.5) is 5.69 Å². The van der Waals surface area contributed by atoms with Gasteiger partial charge in [0.1, 0.15) is 0 Å². The second-order valence-corrected chi connectivity index (χ2v) is 12.6. The lowest BCUT2D eigenvalue weighted by Gasteiger charge is -2.41. The number of nitrogens with one attached hydrogen (secondary N) is 2. The summed E-state index contributed by atoms with van der Waals surface area (Å²) < 4.78 is 0. The predicted octanol–water partition coefficient (Wildman–Crippen LogP) is 6.42. The number of anilines is 1. The summed E-state index contributed by atoms with van der Waals surface area (Å²) in [5.41, 5.74) is 8.55. The van der Waals surface area contributed by atoms with E-state index in [0.29, 0.717) is 22.1 Å². The fourth-order valence-corrected chi connectivity index (χ4v) is 6.42. The quantitative estimate of drug-likeness (QED) is 0.282. The van der Waals surface area contributed by atoms with Gasteiger partial charge in [0.15, 0.2) is 5.96 Å². The van der Waals surface area contributed by atoms with E-state index in [-0.39, 0.29) is 29.7 Å². The lowest BCUT2D eigenvalue weighted by molar-refractivity contribution is -0.118. The molecular weight excluding hydrogens is 517 g/mol. The van der Waals surface area contributed by atoms with E-state index in [4.69, 9.17) is 33.9 Å². The van der Waals surface area contributed by atoms with Crippen LogP contribution in [-0.2, 0) is 4.79 Å². The van der Waals surface area contributed by atoms with Crippen molar-refractivity contribution in [3.63, 3.8) is 0 Å². The zero-order chi connectivity index (χ0) is 27.4. The number of guanidine groups is 1. The molecule has 2 aromatic carbocycles. The van der Waals surface area contributed by atoms with E-state index in [2.05, 4.69) is 43.2 Å². The lowest BCUT2D eigenvalue weighted by atomic mass is 9.73. The minimum atomic E-state index is -0.380. The van der Waals surface area contributed by atoms with Gasteiger partial charge >= 0.3 is 0 Å². The Hall–Kier alpha value is -2.28. The van der Waals surface area contributed by atoms with Crippen molar-refractivity contribution in [2.45, 2.75) is 83.8 Å². The second kappa shape index (κ2) is 12.3. The van der Waals surface area contributed by atoms with Gasteiger partial charge in [0, 0.05) is 53.2 Å². The molecule has 4 N–H and O–H groups in total. The molecule has 2 fully saturated rings. The maximum Gasteiger partial charge on any atom is 0.218 e. The Morgan fingerprint density at radius 1 is 1.13 bits per heavy atom. The highest BCUT2D eigenvalue weighted by Gasteiger charge is 2.33. The van der Waals surface area contributed by atoms with Gasteiger partial charge in [0.25, 0.3) is 0 Å². The molecule has 4 unspecified atom stereocenters. The molecule has 206 valence electrons. The molecule has 1 heterocycles. The fourth-order valence-electron chi connectivity index (χ4n) is 5.88. The van der Waals surface area contributed by atoms with E-state index in [1.807, 2.05) is 30.3 Å². The smallest absolute Gasteiger partial charge is 0.218 e. The van der Waals surface area contributed by atoms with Crippen molar-refractivity contribution in [3.05, 3.63) is 63.6 Å². The van der Waals surface area contributed by atoms with E-state index in [0.717, 1.165) is 42.3 Å². The van der Waals surface area contributed by atoms with Crippen LogP contribution >= 0.6 is 23.2 Å². The van der Waals surface area contributed by atoms with Crippen molar-refractivity contribution in [2.75, 3.05) is 18.4 Å². The number of carbonyl (C=O) groups excluding carboxylic acids is 1. The minimum Gasteiger partial charge on any atom is -0.370 e. The molecule has 0 bridgehead atoms. The highest BCUT2D eigenvalue weighted by Crippen LogP contribution is 2.38. The number of primary amides is 1. The van der Waals surface area contributed by atoms with Crippen LogP contribution in [0.2, 0.25) is 10.0 Å². The van der Waals surface area contributed by atoms with Gasteiger partial charge in [-0.05, 0) is 67.5 Å². The van der Waals surface area contributed by atoms with Gasteiger partial charge in [-0.2, -0.15) is 0 Å². The highest BCUT2D eigenvalue weighted by atomic mass is 35.5. The number of hydrogen-bond donors (Lipinski definition) is 3. The Bertz CT molecular complexity index is 1140. The molecule has 2 aliphatic rings. The molecule has 1 saturated carbocycles. The minimum absolute atomic E-state index is 0.161. The number of halogens is 2. The van der Waals surface area contributed by atoms with Crippen molar-refractivity contribution in [2.24, 2.45) is 16.1 Å². The summed E-state index contributed by atoms with van der Waals surface area (Å²) in [6, 6.07) is 14.6. The summed E-state index contributed by atoms with van der Waals surface area (Å²) in [7, 11) is 0. The van der Waals surface area contributed by atoms with E-state index in [1.54, 1.807) is 12.1 Å². The number of nitrogens with two attached hydrogens (primary N) is 1. The average molecular weight is 559 g/mol. The first kappa shape index (κ1) is 28.7. The normalized spacial score (nSPS) is 24.6. The summed E-state index contributed by atoms with van der Waals surface area (Å²) in [5, 5.41) is 8.36. The van der Waals surface area contributed by atoms with Gasteiger partial charge in [0.05, 0.1) is 6.04 Å². The van der Waals surface area contributed by atoms with Gasteiger partial charge in [-0.25, -0.2) is 4.99 Å². The van der Waals surface area contributed by atoms with Gasteiger partial charge in [-0.15, -0.1) is 0 Å². The molecule has 8 heteroatoms. The Balaban J connectivity index is 1.62. The van der Waals surface area contributed by atoms with Crippen LogP contribution in [0.1, 0.15) is 76.8 Å². The molecule has 1 aliphatic carbocycles. The van der Waals surface area contributed by atoms with E-state index in [9.17, 15) is 4.79 Å². The number of piperazine rings is 1. The molecule has 0 aromatic heterocycles.